The number of ether oxygens (including phenoxy) is 1. The van der Waals surface area contributed by atoms with E-state index >= 15 is 0 Å². The summed E-state index contributed by atoms with van der Waals surface area (Å²) in [5.41, 5.74) is 1.86. The summed E-state index contributed by atoms with van der Waals surface area (Å²) in [4.78, 5) is 31.4. The fourth-order valence-electron chi connectivity index (χ4n) is 2.33. The van der Waals surface area contributed by atoms with Crippen LogP contribution in [0.5, 0.6) is 11.5 Å². The van der Waals surface area contributed by atoms with Gasteiger partial charge in [-0.05, 0) is 35.9 Å². The smallest absolute Gasteiger partial charge is 0.319 e. The zero-order chi connectivity index (χ0) is 19.8. The van der Waals surface area contributed by atoms with E-state index < -0.39 is 0 Å². The number of pyridine rings is 2. The van der Waals surface area contributed by atoms with E-state index in [0.717, 1.165) is 5.56 Å². The normalized spacial score (nSPS) is 10.0. The lowest BCUT2D eigenvalue weighted by Crippen LogP contribution is -2.28. The van der Waals surface area contributed by atoms with Gasteiger partial charge in [-0.3, -0.25) is 14.8 Å². The van der Waals surface area contributed by atoms with Gasteiger partial charge in [0.1, 0.15) is 17.2 Å². The van der Waals surface area contributed by atoms with Gasteiger partial charge in [0.25, 0.3) is 5.91 Å². The van der Waals surface area contributed by atoms with E-state index in [1.807, 2.05) is 12.1 Å². The van der Waals surface area contributed by atoms with Crippen molar-refractivity contribution in [1.82, 2.24) is 20.6 Å². The van der Waals surface area contributed by atoms with Gasteiger partial charge >= 0.3 is 6.03 Å². The number of urea groups is 1. The highest BCUT2D eigenvalue weighted by molar-refractivity contribution is 5.92. The average molecular weight is 377 g/mol. The minimum Gasteiger partial charge on any atom is -0.457 e. The monoisotopic (exact) mass is 377 g/mol. The third-order valence-electron chi connectivity index (χ3n) is 3.74. The van der Waals surface area contributed by atoms with Gasteiger partial charge in [-0.25, -0.2) is 4.79 Å². The molecule has 0 aliphatic carbocycles. The lowest BCUT2D eigenvalue weighted by Gasteiger charge is -2.09. The molecule has 0 atom stereocenters. The first-order valence-corrected chi connectivity index (χ1v) is 8.54. The summed E-state index contributed by atoms with van der Waals surface area (Å²) in [6, 6.07) is 13.6. The van der Waals surface area contributed by atoms with Gasteiger partial charge in [0, 0.05) is 43.9 Å². The van der Waals surface area contributed by atoms with E-state index in [2.05, 4.69) is 25.9 Å². The Morgan fingerprint density at radius 3 is 2.43 bits per heavy atom. The van der Waals surface area contributed by atoms with Crippen LogP contribution in [0.1, 0.15) is 16.1 Å². The largest absolute Gasteiger partial charge is 0.457 e. The summed E-state index contributed by atoms with van der Waals surface area (Å²) in [5.74, 6) is 0.840. The predicted molar refractivity (Wildman–Crippen MR) is 104 cm³/mol. The third-order valence-corrected chi connectivity index (χ3v) is 3.74. The summed E-state index contributed by atoms with van der Waals surface area (Å²) in [5, 5.41) is 8.02. The van der Waals surface area contributed by atoms with Crippen LogP contribution in [0.2, 0.25) is 0 Å². The number of hydrogen-bond acceptors (Lipinski definition) is 5. The highest BCUT2D eigenvalue weighted by Crippen LogP contribution is 2.22. The van der Waals surface area contributed by atoms with Crippen LogP contribution < -0.4 is 20.7 Å². The fraction of sp³-hybridized carbons (Fsp3) is 0.100. The Morgan fingerprint density at radius 2 is 1.71 bits per heavy atom. The van der Waals surface area contributed by atoms with E-state index in [-0.39, 0.29) is 17.6 Å². The second kappa shape index (κ2) is 9.13. The number of nitrogens with one attached hydrogen (secondary N) is 3. The molecule has 0 spiro atoms. The van der Waals surface area contributed by atoms with E-state index in [1.54, 1.807) is 55.8 Å². The Balaban J connectivity index is 1.53. The molecule has 142 valence electrons. The van der Waals surface area contributed by atoms with Crippen molar-refractivity contribution in [3.63, 3.8) is 0 Å². The second-order valence-electron chi connectivity index (χ2n) is 5.75. The molecule has 0 unspecified atom stereocenters. The van der Waals surface area contributed by atoms with Gasteiger partial charge < -0.3 is 20.7 Å². The van der Waals surface area contributed by atoms with Crippen molar-refractivity contribution in [3.8, 4) is 11.5 Å². The summed E-state index contributed by atoms with van der Waals surface area (Å²) in [7, 11) is 1.54. The summed E-state index contributed by atoms with van der Waals surface area (Å²) >= 11 is 0. The molecule has 0 saturated heterocycles. The molecule has 0 aliphatic rings. The van der Waals surface area contributed by atoms with Gasteiger partial charge in [0.2, 0.25) is 0 Å². The maximum atomic E-state index is 11.9. The number of aromatic nitrogens is 2. The predicted octanol–water partition coefficient (Wildman–Crippen LogP) is 2.95. The summed E-state index contributed by atoms with van der Waals surface area (Å²) in [6.07, 6.45) is 4.73. The molecule has 0 aliphatic heterocycles. The highest BCUT2D eigenvalue weighted by atomic mass is 16.5. The van der Waals surface area contributed by atoms with Crippen LogP contribution in [0, 0.1) is 0 Å². The Hall–Kier alpha value is -3.94. The first-order chi connectivity index (χ1) is 13.6. The van der Waals surface area contributed by atoms with Crippen molar-refractivity contribution in [2.24, 2.45) is 0 Å². The number of hydrogen-bond donors (Lipinski definition) is 3. The molecule has 0 bridgehead atoms. The summed E-state index contributed by atoms with van der Waals surface area (Å²) in [6.45, 7) is 0.368. The molecule has 0 radical (unpaired) electrons. The van der Waals surface area contributed by atoms with Gasteiger partial charge in [0.05, 0.1) is 0 Å². The van der Waals surface area contributed by atoms with E-state index in [9.17, 15) is 9.59 Å². The quantitative estimate of drug-likeness (QED) is 0.612. The molecule has 0 saturated carbocycles. The van der Waals surface area contributed by atoms with E-state index in [4.69, 9.17) is 4.74 Å². The SMILES string of the molecule is CNC(=O)c1cc(Oc2ccc(CNC(=O)Nc3ccncc3)cc2)ccn1. The Kier molecular flexibility index (Phi) is 6.14. The topological polar surface area (TPSA) is 105 Å². The Labute approximate surface area is 162 Å². The zero-order valence-electron chi connectivity index (χ0n) is 15.2. The molecular weight excluding hydrogens is 358 g/mol. The number of rotatable bonds is 6. The van der Waals surface area contributed by atoms with Crippen LogP contribution in [0.25, 0.3) is 0 Å². The number of amides is 3. The minimum absolute atomic E-state index is 0.279. The van der Waals surface area contributed by atoms with E-state index in [0.29, 0.717) is 23.7 Å². The molecule has 3 amide bonds. The van der Waals surface area contributed by atoms with Crippen LogP contribution in [0.3, 0.4) is 0 Å². The Bertz CT molecular complexity index is 946. The highest BCUT2D eigenvalue weighted by Gasteiger charge is 2.07. The number of anilines is 1. The van der Waals surface area contributed by atoms with Gasteiger partial charge in [-0.1, -0.05) is 12.1 Å². The number of benzene rings is 1. The molecule has 2 heterocycles. The molecule has 2 aromatic heterocycles. The summed E-state index contributed by atoms with van der Waals surface area (Å²) < 4.78 is 5.75. The standard InChI is InChI=1S/C20H19N5O3/c1-21-19(26)18-12-17(8-11-23-18)28-16-4-2-14(3-5-16)13-24-20(27)25-15-6-9-22-10-7-15/h2-12H,13H2,1H3,(H,21,26)(H2,22,24,25,27). The van der Waals surface area contributed by atoms with Crippen molar-refractivity contribution in [2.75, 3.05) is 12.4 Å². The van der Waals surface area contributed by atoms with Gasteiger partial charge in [-0.2, -0.15) is 0 Å². The lowest BCUT2D eigenvalue weighted by atomic mass is 10.2. The molecule has 3 rings (SSSR count). The first-order valence-electron chi connectivity index (χ1n) is 8.54. The van der Waals surface area contributed by atoms with Crippen LogP contribution in [-0.4, -0.2) is 29.0 Å². The average Bonchev–Trinajstić information content (AvgIpc) is 2.73. The van der Waals surface area contributed by atoms with Crippen LogP contribution in [0.4, 0.5) is 10.5 Å². The fourth-order valence-corrected chi connectivity index (χ4v) is 2.33. The lowest BCUT2D eigenvalue weighted by molar-refractivity contribution is 0.0958. The number of nitrogens with zero attached hydrogens (tertiary/aromatic N) is 2. The van der Waals surface area contributed by atoms with Gasteiger partial charge in [0.15, 0.2) is 0 Å². The molecular formula is C20H19N5O3. The number of carbonyl (C=O) groups excluding carboxylic acids is 2. The van der Waals surface area contributed by atoms with E-state index in [1.165, 1.54) is 6.20 Å². The van der Waals surface area contributed by atoms with Crippen LogP contribution in [-0.2, 0) is 6.54 Å². The van der Waals surface area contributed by atoms with Crippen LogP contribution in [0.15, 0.2) is 67.1 Å². The maximum absolute atomic E-state index is 11.9. The number of carbonyl (C=O) groups is 2. The zero-order valence-corrected chi connectivity index (χ0v) is 15.2. The molecule has 3 aromatic rings. The maximum Gasteiger partial charge on any atom is 0.319 e. The third kappa shape index (κ3) is 5.28. The second-order valence-corrected chi connectivity index (χ2v) is 5.75. The van der Waals surface area contributed by atoms with Crippen molar-refractivity contribution in [2.45, 2.75) is 6.54 Å². The first kappa shape index (κ1) is 18.8. The van der Waals surface area contributed by atoms with Crippen molar-refractivity contribution in [1.29, 1.82) is 0 Å². The molecule has 8 nitrogen and oxygen atoms in total. The van der Waals surface area contributed by atoms with Crippen molar-refractivity contribution in [3.05, 3.63) is 78.4 Å². The van der Waals surface area contributed by atoms with Gasteiger partial charge in [-0.15, -0.1) is 0 Å². The van der Waals surface area contributed by atoms with Crippen molar-refractivity contribution < 1.29 is 14.3 Å². The van der Waals surface area contributed by atoms with Crippen LogP contribution >= 0.6 is 0 Å². The minimum atomic E-state index is -0.301. The molecule has 0 fully saturated rings. The molecule has 3 N–H and O–H groups in total. The molecule has 28 heavy (non-hydrogen) atoms. The van der Waals surface area contributed by atoms with Crippen molar-refractivity contribution >= 4 is 17.6 Å². The molecule has 1 aromatic carbocycles. The Morgan fingerprint density at radius 1 is 0.964 bits per heavy atom. The molecule has 8 heteroatoms.